The number of hydrogen-bond acceptors (Lipinski definition) is 3. The Labute approximate surface area is 99.2 Å². The Bertz CT molecular complexity index is 245. The molecule has 0 aliphatic heterocycles. The summed E-state index contributed by atoms with van der Waals surface area (Å²) >= 11 is 0. The lowest BCUT2D eigenvalue weighted by molar-refractivity contribution is 0.0608. The Hall–Kier alpha value is -0.590. The van der Waals surface area contributed by atoms with Crippen molar-refractivity contribution in [2.45, 2.75) is 45.1 Å². The Morgan fingerprint density at radius 1 is 1.56 bits per heavy atom. The van der Waals surface area contributed by atoms with E-state index in [0.717, 1.165) is 19.4 Å². The summed E-state index contributed by atoms with van der Waals surface area (Å²) in [7, 11) is 1.86. The summed E-state index contributed by atoms with van der Waals surface area (Å²) in [4.78, 5) is 0. The molecule has 92 valence electrons. The van der Waals surface area contributed by atoms with Crippen molar-refractivity contribution < 1.29 is 4.74 Å². The molecular weight excluding hydrogens is 200 g/mol. The molecule has 1 N–H and O–H groups in total. The molecule has 0 aromatic carbocycles. The molecule has 0 amide bonds. The quantitative estimate of drug-likeness (QED) is 0.688. The molecule has 0 heterocycles. The van der Waals surface area contributed by atoms with Crippen LogP contribution in [0.25, 0.3) is 0 Å². The highest BCUT2D eigenvalue weighted by Gasteiger charge is 2.44. The van der Waals surface area contributed by atoms with Crippen molar-refractivity contribution in [1.82, 2.24) is 5.32 Å². The Balaban J connectivity index is 2.31. The van der Waals surface area contributed by atoms with Gasteiger partial charge in [0.25, 0.3) is 0 Å². The lowest BCUT2D eigenvalue weighted by atomic mass is 9.96. The van der Waals surface area contributed by atoms with Gasteiger partial charge in [0, 0.05) is 6.61 Å². The number of nitriles is 1. The minimum Gasteiger partial charge on any atom is -0.378 e. The second kappa shape index (κ2) is 6.22. The topological polar surface area (TPSA) is 45.0 Å². The van der Waals surface area contributed by atoms with E-state index in [0.29, 0.717) is 18.4 Å². The van der Waals surface area contributed by atoms with Gasteiger partial charge in [0.1, 0.15) is 5.54 Å². The summed E-state index contributed by atoms with van der Waals surface area (Å²) in [6, 6.07) is 2.40. The van der Waals surface area contributed by atoms with Crippen LogP contribution in [0.1, 0.15) is 39.5 Å². The first-order valence-electron chi connectivity index (χ1n) is 6.36. The zero-order valence-electron chi connectivity index (χ0n) is 10.8. The van der Waals surface area contributed by atoms with Gasteiger partial charge in [0.05, 0.1) is 12.7 Å². The van der Waals surface area contributed by atoms with Crippen LogP contribution in [0.2, 0.25) is 0 Å². The van der Waals surface area contributed by atoms with E-state index in [-0.39, 0.29) is 0 Å². The molecule has 3 heteroatoms. The predicted molar refractivity (Wildman–Crippen MR) is 65.0 cm³/mol. The molecule has 3 nitrogen and oxygen atoms in total. The largest absolute Gasteiger partial charge is 0.378 e. The summed E-state index contributed by atoms with van der Waals surface area (Å²) in [6.45, 7) is 5.69. The molecule has 1 rings (SSSR count). The van der Waals surface area contributed by atoms with Crippen molar-refractivity contribution in [3.63, 3.8) is 0 Å². The zero-order chi connectivity index (χ0) is 12.0. The summed E-state index contributed by atoms with van der Waals surface area (Å²) in [6.07, 6.45) is 4.70. The van der Waals surface area contributed by atoms with Crippen LogP contribution in [-0.2, 0) is 4.74 Å². The van der Waals surface area contributed by atoms with E-state index in [1.165, 1.54) is 12.8 Å². The normalized spacial score (nSPS) is 21.1. The molecule has 1 aliphatic rings. The van der Waals surface area contributed by atoms with Gasteiger partial charge in [-0.25, -0.2) is 0 Å². The van der Waals surface area contributed by atoms with E-state index in [1.54, 1.807) is 0 Å². The average Bonchev–Trinajstić information content (AvgIpc) is 3.09. The molecule has 1 saturated carbocycles. The molecule has 0 bridgehead atoms. The molecule has 16 heavy (non-hydrogen) atoms. The molecule has 0 spiro atoms. The van der Waals surface area contributed by atoms with Gasteiger partial charge in [-0.15, -0.1) is 0 Å². The van der Waals surface area contributed by atoms with Crippen LogP contribution in [0.5, 0.6) is 0 Å². The van der Waals surface area contributed by atoms with Crippen molar-refractivity contribution in [3.8, 4) is 6.07 Å². The molecule has 1 aliphatic carbocycles. The van der Waals surface area contributed by atoms with E-state index in [1.807, 2.05) is 7.05 Å². The first-order valence-corrected chi connectivity index (χ1v) is 6.36. The Morgan fingerprint density at radius 2 is 2.25 bits per heavy atom. The highest BCUT2D eigenvalue weighted by atomic mass is 16.5. The van der Waals surface area contributed by atoms with Crippen LogP contribution >= 0.6 is 0 Å². The molecule has 1 fully saturated rings. The fourth-order valence-electron chi connectivity index (χ4n) is 2.15. The maximum atomic E-state index is 9.26. The molecular formula is C13H24N2O. The van der Waals surface area contributed by atoms with E-state index in [4.69, 9.17) is 4.74 Å². The Morgan fingerprint density at radius 3 is 2.69 bits per heavy atom. The van der Waals surface area contributed by atoms with Gasteiger partial charge in [-0.05, 0) is 38.1 Å². The lowest BCUT2D eigenvalue weighted by Crippen LogP contribution is -2.48. The lowest BCUT2D eigenvalue weighted by Gasteiger charge is -2.26. The number of nitrogens with zero attached hydrogens (tertiary/aromatic N) is 1. The monoisotopic (exact) mass is 224 g/mol. The number of likely N-dealkylation sites (N-methyl/N-ethyl adjacent to an activating group) is 1. The van der Waals surface area contributed by atoms with E-state index >= 15 is 0 Å². The third-order valence-corrected chi connectivity index (χ3v) is 3.43. The minimum absolute atomic E-state index is 0.439. The van der Waals surface area contributed by atoms with Crippen LogP contribution in [0.4, 0.5) is 0 Å². The van der Waals surface area contributed by atoms with Crippen LogP contribution < -0.4 is 5.32 Å². The third kappa shape index (κ3) is 3.47. The van der Waals surface area contributed by atoms with Crippen molar-refractivity contribution in [3.05, 3.63) is 0 Å². The van der Waals surface area contributed by atoms with Crippen LogP contribution in [0.15, 0.2) is 0 Å². The van der Waals surface area contributed by atoms with Gasteiger partial charge >= 0.3 is 0 Å². The molecule has 2 atom stereocenters. The fourth-order valence-corrected chi connectivity index (χ4v) is 2.15. The SMILES string of the molecule is CCCC(C)COCC(C#N)(NC)C1CC1. The van der Waals surface area contributed by atoms with Gasteiger partial charge in [-0.3, -0.25) is 0 Å². The zero-order valence-corrected chi connectivity index (χ0v) is 10.8. The standard InChI is InChI=1S/C13H24N2O/c1-4-5-11(2)8-16-10-13(9-14,15-3)12-6-7-12/h11-12,15H,4-8,10H2,1-3H3. The van der Waals surface area contributed by atoms with Gasteiger partial charge < -0.3 is 10.1 Å². The smallest absolute Gasteiger partial charge is 0.132 e. The summed E-state index contributed by atoms with van der Waals surface area (Å²) in [5, 5.41) is 12.4. The average molecular weight is 224 g/mol. The Kier molecular flexibility index (Phi) is 5.24. The molecule has 0 radical (unpaired) electrons. The van der Waals surface area contributed by atoms with Gasteiger partial charge in [0.2, 0.25) is 0 Å². The number of ether oxygens (including phenoxy) is 1. The predicted octanol–water partition coefficient (Wildman–Crippen LogP) is 2.33. The van der Waals surface area contributed by atoms with E-state index in [9.17, 15) is 5.26 Å². The molecule has 2 unspecified atom stereocenters. The second-order valence-electron chi connectivity index (χ2n) is 5.02. The maximum absolute atomic E-state index is 9.26. The molecule has 0 saturated heterocycles. The van der Waals surface area contributed by atoms with Crippen LogP contribution in [0, 0.1) is 23.2 Å². The highest BCUT2D eigenvalue weighted by Crippen LogP contribution is 2.39. The third-order valence-electron chi connectivity index (χ3n) is 3.43. The van der Waals surface area contributed by atoms with Crippen molar-refractivity contribution in [2.75, 3.05) is 20.3 Å². The summed E-state index contributed by atoms with van der Waals surface area (Å²) in [5.41, 5.74) is -0.439. The molecule has 0 aromatic heterocycles. The second-order valence-corrected chi connectivity index (χ2v) is 5.02. The number of hydrogen-bond donors (Lipinski definition) is 1. The van der Waals surface area contributed by atoms with E-state index < -0.39 is 5.54 Å². The van der Waals surface area contributed by atoms with Crippen molar-refractivity contribution in [2.24, 2.45) is 11.8 Å². The van der Waals surface area contributed by atoms with Crippen molar-refractivity contribution >= 4 is 0 Å². The van der Waals surface area contributed by atoms with Gasteiger partial charge in [0.15, 0.2) is 0 Å². The highest BCUT2D eigenvalue weighted by molar-refractivity contribution is 5.14. The fraction of sp³-hybridized carbons (Fsp3) is 0.923. The first kappa shape index (κ1) is 13.5. The first-order chi connectivity index (χ1) is 7.68. The van der Waals surface area contributed by atoms with Crippen molar-refractivity contribution in [1.29, 1.82) is 5.26 Å². The van der Waals surface area contributed by atoms with Gasteiger partial charge in [-0.2, -0.15) is 5.26 Å². The van der Waals surface area contributed by atoms with Crippen LogP contribution in [-0.4, -0.2) is 25.8 Å². The van der Waals surface area contributed by atoms with Gasteiger partial charge in [-0.1, -0.05) is 20.3 Å². The summed E-state index contributed by atoms with van der Waals surface area (Å²) in [5.74, 6) is 1.08. The van der Waals surface area contributed by atoms with E-state index in [2.05, 4.69) is 25.2 Å². The van der Waals surface area contributed by atoms with Crippen LogP contribution in [0.3, 0.4) is 0 Å². The summed E-state index contributed by atoms with van der Waals surface area (Å²) < 4.78 is 5.71. The number of rotatable bonds is 8. The minimum atomic E-state index is -0.439. The maximum Gasteiger partial charge on any atom is 0.132 e. The molecule has 0 aromatic rings. The number of nitrogens with one attached hydrogen (secondary N) is 1.